The van der Waals surface area contributed by atoms with E-state index in [0.717, 1.165) is 0 Å². The molecule has 0 aliphatic heterocycles. The van der Waals surface area contributed by atoms with Gasteiger partial charge < -0.3 is 16.0 Å². The average molecular weight is 394 g/mol. The molecule has 0 spiro atoms. The van der Waals surface area contributed by atoms with Gasteiger partial charge in [-0.1, -0.05) is 29.3 Å². The molecule has 26 heavy (non-hydrogen) atoms. The van der Waals surface area contributed by atoms with Crippen molar-refractivity contribution in [1.29, 1.82) is 0 Å². The van der Waals surface area contributed by atoms with Crippen LogP contribution in [0.4, 0.5) is 11.4 Å². The molecular formula is C19H21Cl2N3O2. The second-order valence-corrected chi connectivity index (χ2v) is 7.63. The van der Waals surface area contributed by atoms with Crippen molar-refractivity contribution in [2.75, 3.05) is 17.2 Å². The van der Waals surface area contributed by atoms with E-state index in [1.807, 2.05) is 20.8 Å². The van der Waals surface area contributed by atoms with E-state index in [-0.39, 0.29) is 23.9 Å². The summed E-state index contributed by atoms with van der Waals surface area (Å²) in [7, 11) is 0. The molecule has 0 bridgehead atoms. The maximum atomic E-state index is 12.2. The van der Waals surface area contributed by atoms with E-state index in [2.05, 4.69) is 16.0 Å². The predicted octanol–water partition coefficient (Wildman–Crippen LogP) is 4.57. The van der Waals surface area contributed by atoms with Gasteiger partial charge in [-0.3, -0.25) is 9.59 Å². The quantitative estimate of drug-likeness (QED) is 0.696. The molecule has 138 valence electrons. The lowest BCUT2D eigenvalue weighted by molar-refractivity contribution is -0.114. The summed E-state index contributed by atoms with van der Waals surface area (Å²) < 4.78 is 0. The van der Waals surface area contributed by atoms with Gasteiger partial charge in [0.15, 0.2) is 0 Å². The van der Waals surface area contributed by atoms with Crippen molar-refractivity contribution in [3.8, 4) is 0 Å². The fourth-order valence-electron chi connectivity index (χ4n) is 2.14. The van der Waals surface area contributed by atoms with E-state index in [1.165, 1.54) is 0 Å². The Morgan fingerprint density at radius 1 is 0.962 bits per heavy atom. The lowest BCUT2D eigenvalue weighted by atomic mass is 10.1. The highest BCUT2D eigenvalue weighted by Gasteiger charge is 2.15. The number of hydrogen-bond acceptors (Lipinski definition) is 3. The van der Waals surface area contributed by atoms with Crippen LogP contribution in [0.1, 0.15) is 31.1 Å². The topological polar surface area (TPSA) is 70.2 Å². The third kappa shape index (κ3) is 6.24. The van der Waals surface area contributed by atoms with Crippen LogP contribution in [0, 0.1) is 0 Å². The Morgan fingerprint density at radius 2 is 1.69 bits per heavy atom. The molecule has 2 amide bonds. The van der Waals surface area contributed by atoms with E-state index in [9.17, 15) is 9.59 Å². The van der Waals surface area contributed by atoms with Gasteiger partial charge in [0.1, 0.15) is 0 Å². The summed E-state index contributed by atoms with van der Waals surface area (Å²) in [5.74, 6) is -0.438. The zero-order valence-electron chi connectivity index (χ0n) is 14.8. The summed E-state index contributed by atoms with van der Waals surface area (Å²) in [6, 6.07) is 11.8. The first kappa shape index (κ1) is 20.1. The van der Waals surface area contributed by atoms with Crippen molar-refractivity contribution in [1.82, 2.24) is 5.32 Å². The molecule has 0 saturated heterocycles. The molecule has 7 heteroatoms. The Kier molecular flexibility index (Phi) is 6.51. The standard InChI is InChI=1S/C19H21Cl2N3O2/c1-19(2,3)24-18(26)12-5-4-6-14(9-12)23-17(25)11-22-13-7-8-15(20)16(21)10-13/h4-10,22H,11H2,1-3H3,(H,23,25)(H,24,26). The summed E-state index contributed by atoms with van der Waals surface area (Å²) >= 11 is 11.8. The Balaban J connectivity index is 1.95. The van der Waals surface area contributed by atoms with E-state index >= 15 is 0 Å². The Morgan fingerprint density at radius 3 is 2.35 bits per heavy atom. The molecule has 0 unspecified atom stereocenters. The Hall–Kier alpha value is -2.24. The molecule has 0 radical (unpaired) electrons. The minimum absolute atomic E-state index is 0.0520. The van der Waals surface area contributed by atoms with Gasteiger partial charge in [0.05, 0.1) is 16.6 Å². The lowest BCUT2D eigenvalue weighted by Crippen LogP contribution is -2.40. The number of benzene rings is 2. The van der Waals surface area contributed by atoms with Crippen LogP contribution in [0.3, 0.4) is 0 Å². The van der Waals surface area contributed by atoms with Gasteiger partial charge in [0, 0.05) is 22.5 Å². The highest BCUT2D eigenvalue weighted by Crippen LogP contribution is 2.24. The van der Waals surface area contributed by atoms with Crippen molar-refractivity contribution in [3.63, 3.8) is 0 Å². The summed E-state index contributed by atoms with van der Waals surface area (Å²) in [4.78, 5) is 24.3. The molecule has 0 heterocycles. The molecule has 0 saturated carbocycles. The van der Waals surface area contributed by atoms with Gasteiger partial charge in [-0.05, 0) is 57.2 Å². The van der Waals surface area contributed by atoms with Crippen LogP contribution in [0.2, 0.25) is 10.0 Å². The van der Waals surface area contributed by atoms with Gasteiger partial charge in [-0.25, -0.2) is 0 Å². The predicted molar refractivity (Wildman–Crippen MR) is 107 cm³/mol. The number of anilines is 2. The number of carbonyl (C=O) groups is 2. The smallest absolute Gasteiger partial charge is 0.251 e. The fourth-order valence-corrected chi connectivity index (χ4v) is 2.44. The summed E-state index contributed by atoms with van der Waals surface area (Å²) in [5.41, 5.74) is 1.38. The highest BCUT2D eigenvalue weighted by atomic mass is 35.5. The van der Waals surface area contributed by atoms with Crippen LogP contribution >= 0.6 is 23.2 Å². The molecular weight excluding hydrogens is 373 g/mol. The molecule has 5 nitrogen and oxygen atoms in total. The van der Waals surface area contributed by atoms with Crippen LogP contribution in [-0.4, -0.2) is 23.9 Å². The first-order valence-corrected chi connectivity index (χ1v) is 8.81. The monoisotopic (exact) mass is 393 g/mol. The molecule has 2 aromatic carbocycles. The molecule has 0 atom stereocenters. The zero-order valence-corrected chi connectivity index (χ0v) is 16.3. The molecule has 3 N–H and O–H groups in total. The largest absolute Gasteiger partial charge is 0.376 e. The fraction of sp³-hybridized carbons (Fsp3) is 0.263. The molecule has 2 rings (SSSR count). The van der Waals surface area contributed by atoms with Crippen LogP contribution in [0.5, 0.6) is 0 Å². The summed E-state index contributed by atoms with van der Waals surface area (Å²) in [6.45, 7) is 5.78. The number of carbonyl (C=O) groups excluding carboxylic acids is 2. The van der Waals surface area contributed by atoms with Gasteiger partial charge in [-0.2, -0.15) is 0 Å². The van der Waals surface area contributed by atoms with Crippen LogP contribution in [0.15, 0.2) is 42.5 Å². The molecule has 0 aliphatic carbocycles. The molecule has 2 aromatic rings. The zero-order chi connectivity index (χ0) is 19.3. The third-order valence-electron chi connectivity index (χ3n) is 3.27. The van der Waals surface area contributed by atoms with Crippen LogP contribution in [0.25, 0.3) is 0 Å². The highest BCUT2D eigenvalue weighted by molar-refractivity contribution is 6.42. The van der Waals surface area contributed by atoms with Crippen molar-refractivity contribution in [2.45, 2.75) is 26.3 Å². The molecule has 0 fully saturated rings. The van der Waals surface area contributed by atoms with Gasteiger partial charge in [0.25, 0.3) is 5.91 Å². The van der Waals surface area contributed by atoms with Gasteiger partial charge in [0.2, 0.25) is 5.91 Å². The van der Waals surface area contributed by atoms with E-state index in [1.54, 1.807) is 42.5 Å². The molecule has 0 aliphatic rings. The SMILES string of the molecule is CC(C)(C)NC(=O)c1cccc(NC(=O)CNc2ccc(Cl)c(Cl)c2)c1. The number of rotatable bonds is 5. The Bertz CT molecular complexity index is 817. The van der Waals surface area contributed by atoms with Crippen molar-refractivity contribution >= 4 is 46.4 Å². The maximum Gasteiger partial charge on any atom is 0.251 e. The molecule has 0 aromatic heterocycles. The number of nitrogens with one attached hydrogen (secondary N) is 3. The minimum Gasteiger partial charge on any atom is -0.376 e. The van der Waals surface area contributed by atoms with Crippen LogP contribution < -0.4 is 16.0 Å². The van der Waals surface area contributed by atoms with Gasteiger partial charge in [-0.15, -0.1) is 0 Å². The summed E-state index contributed by atoms with van der Waals surface area (Å²) in [6.07, 6.45) is 0. The Labute approximate surface area is 163 Å². The average Bonchev–Trinajstić information content (AvgIpc) is 2.54. The second-order valence-electron chi connectivity index (χ2n) is 6.82. The number of hydrogen-bond donors (Lipinski definition) is 3. The number of halogens is 2. The lowest BCUT2D eigenvalue weighted by Gasteiger charge is -2.20. The summed E-state index contributed by atoms with van der Waals surface area (Å²) in [5, 5.41) is 9.47. The van der Waals surface area contributed by atoms with E-state index < -0.39 is 0 Å². The van der Waals surface area contributed by atoms with Crippen LogP contribution in [-0.2, 0) is 4.79 Å². The second kappa shape index (κ2) is 8.43. The first-order chi connectivity index (χ1) is 12.1. The van der Waals surface area contributed by atoms with Crippen molar-refractivity contribution < 1.29 is 9.59 Å². The normalized spacial score (nSPS) is 11.0. The van der Waals surface area contributed by atoms with E-state index in [4.69, 9.17) is 23.2 Å². The minimum atomic E-state index is -0.333. The number of amides is 2. The van der Waals surface area contributed by atoms with Gasteiger partial charge >= 0.3 is 0 Å². The van der Waals surface area contributed by atoms with Crippen molar-refractivity contribution in [3.05, 3.63) is 58.1 Å². The first-order valence-electron chi connectivity index (χ1n) is 8.05. The maximum absolute atomic E-state index is 12.2. The third-order valence-corrected chi connectivity index (χ3v) is 4.01. The van der Waals surface area contributed by atoms with Crippen molar-refractivity contribution in [2.24, 2.45) is 0 Å². The van der Waals surface area contributed by atoms with E-state index in [0.29, 0.717) is 27.0 Å².